The van der Waals surface area contributed by atoms with Crippen molar-refractivity contribution in [2.45, 2.75) is 6.42 Å². The highest BCUT2D eigenvalue weighted by Gasteiger charge is 2.22. The number of thiophene rings is 1. The van der Waals surface area contributed by atoms with E-state index in [2.05, 4.69) is 169 Å². The Hall–Kier alpha value is -5.70. The molecule has 1 aromatic heterocycles. The Labute approximate surface area is 277 Å². The van der Waals surface area contributed by atoms with Crippen molar-refractivity contribution in [3.8, 4) is 22.3 Å². The number of hydrogen-bond acceptors (Lipinski definition) is 2. The molecular weight excluding hydrogens is 587 g/mol. The summed E-state index contributed by atoms with van der Waals surface area (Å²) in [6.45, 7) is 0. The summed E-state index contributed by atoms with van der Waals surface area (Å²) in [6.07, 6.45) is 0.973. The van der Waals surface area contributed by atoms with Crippen LogP contribution in [0.3, 0.4) is 0 Å². The molecule has 8 aromatic carbocycles. The van der Waals surface area contributed by atoms with Crippen molar-refractivity contribution in [2.75, 3.05) is 4.90 Å². The van der Waals surface area contributed by atoms with E-state index in [-0.39, 0.29) is 0 Å². The summed E-state index contributed by atoms with van der Waals surface area (Å²) in [5, 5.41) is 7.95. The van der Waals surface area contributed by atoms with E-state index in [1.54, 1.807) is 0 Å². The highest BCUT2D eigenvalue weighted by Crippen LogP contribution is 2.46. The monoisotopic (exact) mass is 615 g/mol. The minimum atomic E-state index is 0.973. The van der Waals surface area contributed by atoms with Gasteiger partial charge >= 0.3 is 0 Å². The van der Waals surface area contributed by atoms with E-state index in [4.69, 9.17) is 0 Å². The van der Waals surface area contributed by atoms with Gasteiger partial charge in [-0.05, 0) is 122 Å². The van der Waals surface area contributed by atoms with Crippen LogP contribution in [0.25, 0.3) is 64.0 Å². The van der Waals surface area contributed by atoms with Crippen molar-refractivity contribution < 1.29 is 0 Å². The van der Waals surface area contributed by atoms with Crippen molar-refractivity contribution >= 4 is 70.1 Å². The van der Waals surface area contributed by atoms with E-state index in [1.165, 1.54) is 75.1 Å². The lowest BCUT2D eigenvalue weighted by molar-refractivity contribution is 1.21. The van der Waals surface area contributed by atoms with Crippen LogP contribution in [0.5, 0.6) is 0 Å². The summed E-state index contributed by atoms with van der Waals surface area (Å²) in [4.78, 5) is 2.37. The van der Waals surface area contributed by atoms with Crippen LogP contribution in [-0.2, 0) is 6.42 Å². The van der Waals surface area contributed by atoms with Gasteiger partial charge in [0, 0.05) is 37.2 Å². The SMILES string of the molecule is c1ccc(N(c2ccc(-c3cc4c5c(cccc5c3)Cc3ccc5ccccc5c3-4)cc2)c2ccc3sc4ccccc4c3c2)cc1. The van der Waals surface area contributed by atoms with Gasteiger partial charge in [0.2, 0.25) is 0 Å². The van der Waals surface area contributed by atoms with E-state index in [1.807, 2.05) is 11.3 Å². The number of nitrogens with zero attached hydrogens (tertiary/aromatic N) is 1. The fourth-order valence-corrected chi connectivity index (χ4v) is 8.77. The van der Waals surface area contributed by atoms with Crippen molar-refractivity contribution in [3.05, 3.63) is 175 Å². The van der Waals surface area contributed by atoms with E-state index in [0.717, 1.165) is 23.5 Å². The molecule has 220 valence electrons. The van der Waals surface area contributed by atoms with Gasteiger partial charge in [-0.1, -0.05) is 103 Å². The minimum Gasteiger partial charge on any atom is -0.310 e. The average molecular weight is 616 g/mol. The van der Waals surface area contributed by atoms with Gasteiger partial charge in [-0.3, -0.25) is 0 Å². The molecule has 1 aliphatic rings. The number of fused-ring (bicyclic) bond motifs is 7. The third kappa shape index (κ3) is 4.22. The molecule has 0 spiro atoms. The zero-order chi connectivity index (χ0) is 30.9. The Morgan fingerprint density at radius 3 is 2.04 bits per heavy atom. The van der Waals surface area contributed by atoms with Gasteiger partial charge in [0.25, 0.3) is 0 Å². The lowest BCUT2D eigenvalue weighted by atomic mass is 9.80. The average Bonchev–Trinajstić information content (AvgIpc) is 3.50. The molecule has 0 N–H and O–H groups in total. The van der Waals surface area contributed by atoms with Gasteiger partial charge in [0.05, 0.1) is 0 Å². The van der Waals surface area contributed by atoms with Crippen LogP contribution >= 0.6 is 11.3 Å². The molecule has 0 unspecified atom stereocenters. The number of hydrogen-bond donors (Lipinski definition) is 0. The first-order chi connectivity index (χ1) is 23.3. The fraction of sp³-hybridized carbons (Fsp3) is 0.0222. The van der Waals surface area contributed by atoms with Crippen molar-refractivity contribution in [2.24, 2.45) is 0 Å². The van der Waals surface area contributed by atoms with E-state index < -0.39 is 0 Å². The molecule has 2 heteroatoms. The maximum absolute atomic E-state index is 2.43. The van der Waals surface area contributed by atoms with Crippen molar-refractivity contribution in [1.82, 2.24) is 0 Å². The largest absolute Gasteiger partial charge is 0.310 e. The molecule has 0 amide bonds. The van der Waals surface area contributed by atoms with Gasteiger partial charge in [0.1, 0.15) is 0 Å². The summed E-state index contributed by atoms with van der Waals surface area (Å²) in [5.41, 5.74) is 11.5. The molecule has 9 aromatic rings. The Morgan fingerprint density at radius 1 is 0.426 bits per heavy atom. The van der Waals surface area contributed by atoms with Crippen LogP contribution in [0.15, 0.2) is 164 Å². The van der Waals surface area contributed by atoms with E-state index in [9.17, 15) is 0 Å². The highest BCUT2D eigenvalue weighted by molar-refractivity contribution is 7.25. The first-order valence-electron chi connectivity index (χ1n) is 16.2. The molecule has 0 radical (unpaired) electrons. The molecule has 0 aliphatic heterocycles. The van der Waals surface area contributed by atoms with E-state index >= 15 is 0 Å². The lowest BCUT2D eigenvalue weighted by Crippen LogP contribution is -2.09. The zero-order valence-electron chi connectivity index (χ0n) is 25.7. The normalized spacial score (nSPS) is 12.2. The summed E-state index contributed by atoms with van der Waals surface area (Å²) >= 11 is 1.86. The topological polar surface area (TPSA) is 3.24 Å². The highest BCUT2D eigenvalue weighted by atomic mass is 32.1. The van der Waals surface area contributed by atoms with Crippen LogP contribution in [0.2, 0.25) is 0 Å². The molecule has 0 saturated carbocycles. The first kappa shape index (κ1) is 26.5. The van der Waals surface area contributed by atoms with Crippen LogP contribution in [0.4, 0.5) is 17.1 Å². The molecule has 1 aliphatic carbocycles. The van der Waals surface area contributed by atoms with Gasteiger partial charge in [-0.2, -0.15) is 0 Å². The number of benzene rings is 8. The molecule has 10 rings (SSSR count). The molecule has 1 heterocycles. The Balaban J connectivity index is 1.11. The van der Waals surface area contributed by atoms with Gasteiger partial charge < -0.3 is 4.90 Å². The first-order valence-corrected chi connectivity index (χ1v) is 17.0. The van der Waals surface area contributed by atoms with Crippen molar-refractivity contribution in [1.29, 1.82) is 0 Å². The van der Waals surface area contributed by atoms with Crippen LogP contribution < -0.4 is 4.90 Å². The second kappa shape index (κ2) is 10.4. The smallest absolute Gasteiger partial charge is 0.0468 e. The van der Waals surface area contributed by atoms with E-state index in [0.29, 0.717) is 0 Å². The summed E-state index contributed by atoms with van der Waals surface area (Å²) in [6, 6.07) is 60.4. The van der Waals surface area contributed by atoms with Crippen LogP contribution in [-0.4, -0.2) is 0 Å². The standard InChI is InChI=1S/C45H29NS/c1-2-12-35(13-3-1)46(37-23-24-43-40(28-37)39-15-6-7-16-42(39)47-43)36-21-19-29(20-22-36)34-26-32-11-8-10-31-25-33-18-17-30-9-4-5-14-38(30)45(33)41(27-34)44(31)32/h1-24,26-28H,25H2. The maximum Gasteiger partial charge on any atom is 0.0468 e. The lowest BCUT2D eigenvalue weighted by Gasteiger charge is -2.26. The molecule has 0 atom stereocenters. The van der Waals surface area contributed by atoms with Crippen LogP contribution in [0.1, 0.15) is 11.1 Å². The van der Waals surface area contributed by atoms with Gasteiger partial charge in [0.15, 0.2) is 0 Å². The molecule has 0 bridgehead atoms. The minimum absolute atomic E-state index is 0.973. The molecule has 47 heavy (non-hydrogen) atoms. The zero-order valence-corrected chi connectivity index (χ0v) is 26.5. The number of rotatable bonds is 4. The molecular formula is C45H29NS. The predicted octanol–water partition coefficient (Wildman–Crippen LogP) is 13.1. The fourth-order valence-electron chi connectivity index (χ4n) is 7.68. The molecule has 0 fully saturated rings. The third-order valence-electron chi connectivity index (χ3n) is 9.82. The maximum atomic E-state index is 2.43. The summed E-state index contributed by atoms with van der Waals surface area (Å²) < 4.78 is 2.64. The molecule has 1 nitrogen and oxygen atoms in total. The predicted molar refractivity (Wildman–Crippen MR) is 203 cm³/mol. The Bertz CT molecular complexity index is 2650. The Morgan fingerprint density at radius 2 is 1.15 bits per heavy atom. The Kier molecular flexibility index (Phi) is 5.88. The second-order valence-corrected chi connectivity index (χ2v) is 13.6. The second-order valence-electron chi connectivity index (χ2n) is 12.5. The van der Waals surface area contributed by atoms with Gasteiger partial charge in [-0.25, -0.2) is 0 Å². The number of para-hydroxylation sites is 1. The summed E-state index contributed by atoms with van der Waals surface area (Å²) in [5.74, 6) is 0. The van der Waals surface area contributed by atoms with Crippen LogP contribution in [0, 0.1) is 0 Å². The van der Waals surface area contributed by atoms with Gasteiger partial charge in [-0.15, -0.1) is 11.3 Å². The third-order valence-corrected chi connectivity index (χ3v) is 11.0. The summed E-state index contributed by atoms with van der Waals surface area (Å²) in [7, 11) is 0. The molecule has 0 saturated heterocycles. The quantitative estimate of drug-likeness (QED) is 0.190. The number of anilines is 3. The van der Waals surface area contributed by atoms with Crippen molar-refractivity contribution in [3.63, 3.8) is 0 Å².